The van der Waals surface area contributed by atoms with Gasteiger partial charge in [0.2, 0.25) is 5.91 Å². The monoisotopic (exact) mass is 371 g/mol. The lowest BCUT2D eigenvalue weighted by Crippen LogP contribution is -2.34. The van der Waals surface area contributed by atoms with Crippen LogP contribution in [0.25, 0.3) is 11.0 Å². The van der Waals surface area contributed by atoms with Crippen LogP contribution in [0.5, 0.6) is 0 Å². The van der Waals surface area contributed by atoms with Gasteiger partial charge < -0.3 is 14.5 Å². The number of fused-ring (bicyclic) bond motifs is 1. The van der Waals surface area contributed by atoms with Gasteiger partial charge in [0, 0.05) is 31.8 Å². The van der Waals surface area contributed by atoms with Crippen molar-refractivity contribution < 1.29 is 9.18 Å². The first-order chi connectivity index (χ1) is 13.0. The van der Waals surface area contributed by atoms with E-state index in [2.05, 4.69) is 15.0 Å². The SMILES string of the molecule is O=C(CCn1ccc(=O)[nH]c1=O)N1CCC[C@@H]1c1nc2ccc(F)cc2[nH]1. The molecule has 2 aromatic heterocycles. The first-order valence-electron chi connectivity index (χ1n) is 8.76. The molecule has 140 valence electrons. The van der Waals surface area contributed by atoms with Crippen molar-refractivity contribution in [2.75, 3.05) is 6.54 Å². The van der Waals surface area contributed by atoms with E-state index in [-0.39, 0.29) is 30.7 Å². The number of nitrogens with zero attached hydrogens (tertiary/aromatic N) is 3. The van der Waals surface area contributed by atoms with Crippen LogP contribution in [0, 0.1) is 5.82 Å². The molecule has 3 heterocycles. The molecule has 0 saturated carbocycles. The van der Waals surface area contributed by atoms with Crippen LogP contribution in [0.15, 0.2) is 40.1 Å². The summed E-state index contributed by atoms with van der Waals surface area (Å²) >= 11 is 0. The molecule has 3 aromatic rings. The Morgan fingerprint density at radius 2 is 2.11 bits per heavy atom. The summed E-state index contributed by atoms with van der Waals surface area (Å²) in [4.78, 5) is 47.0. The van der Waals surface area contributed by atoms with Crippen molar-refractivity contribution in [2.24, 2.45) is 0 Å². The standard InChI is InChI=1S/C18H18FN5O3/c19-11-3-4-12-13(10-11)21-17(20-12)14-2-1-7-24(14)16(26)6-9-23-8-5-15(25)22-18(23)27/h3-5,8,10,14H,1-2,6-7,9H2,(H,20,21)(H,22,25,27)/t14-/m1/s1. The van der Waals surface area contributed by atoms with Gasteiger partial charge in [-0.2, -0.15) is 0 Å². The fourth-order valence-corrected chi connectivity index (χ4v) is 3.49. The second-order valence-corrected chi connectivity index (χ2v) is 6.58. The largest absolute Gasteiger partial charge is 0.340 e. The van der Waals surface area contributed by atoms with Crippen molar-refractivity contribution in [2.45, 2.75) is 31.8 Å². The number of imidazole rings is 1. The van der Waals surface area contributed by atoms with Crippen LogP contribution in [-0.4, -0.2) is 36.9 Å². The second kappa shape index (κ2) is 6.82. The highest BCUT2D eigenvalue weighted by molar-refractivity contribution is 5.78. The number of aryl methyl sites for hydroxylation is 1. The van der Waals surface area contributed by atoms with Crippen molar-refractivity contribution in [3.63, 3.8) is 0 Å². The van der Waals surface area contributed by atoms with Gasteiger partial charge in [0.1, 0.15) is 11.6 Å². The molecule has 1 aliphatic rings. The molecule has 9 heteroatoms. The zero-order valence-corrected chi connectivity index (χ0v) is 14.4. The van der Waals surface area contributed by atoms with E-state index in [1.807, 2.05) is 0 Å². The fraction of sp³-hybridized carbons (Fsp3) is 0.333. The number of likely N-dealkylation sites (tertiary alicyclic amines) is 1. The Morgan fingerprint density at radius 1 is 1.26 bits per heavy atom. The first-order valence-corrected chi connectivity index (χ1v) is 8.76. The summed E-state index contributed by atoms with van der Waals surface area (Å²) in [5.74, 6) is 0.202. The van der Waals surface area contributed by atoms with Gasteiger partial charge in [-0.25, -0.2) is 14.2 Å². The zero-order valence-electron chi connectivity index (χ0n) is 14.4. The lowest BCUT2D eigenvalue weighted by atomic mass is 10.2. The molecule has 1 amide bonds. The minimum absolute atomic E-state index is 0.0952. The van der Waals surface area contributed by atoms with Gasteiger partial charge in [0.15, 0.2) is 0 Å². The summed E-state index contributed by atoms with van der Waals surface area (Å²) in [5, 5.41) is 0. The van der Waals surface area contributed by atoms with Gasteiger partial charge in [-0.05, 0) is 31.0 Å². The van der Waals surface area contributed by atoms with E-state index in [1.54, 1.807) is 11.0 Å². The van der Waals surface area contributed by atoms with Gasteiger partial charge in [0.05, 0.1) is 17.1 Å². The molecule has 2 N–H and O–H groups in total. The molecule has 1 aromatic carbocycles. The molecular weight excluding hydrogens is 353 g/mol. The number of aromatic amines is 2. The van der Waals surface area contributed by atoms with Crippen LogP contribution >= 0.6 is 0 Å². The molecule has 27 heavy (non-hydrogen) atoms. The summed E-state index contributed by atoms with van der Waals surface area (Å²) in [6.45, 7) is 0.790. The van der Waals surface area contributed by atoms with Crippen molar-refractivity contribution in [1.82, 2.24) is 24.4 Å². The van der Waals surface area contributed by atoms with E-state index in [9.17, 15) is 18.8 Å². The van der Waals surface area contributed by atoms with E-state index >= 15 is 0 Å². The van der Waals surface area contributed by atoms with Gasteiger partial charge >= 0.3 is 5.69 Å². The molecule has 1 atom stereocenters. The van der Waals surface area contributed by atoms with Gasteiger partial charge in [-0.15, -0.1) is 0 Å². The Bertz CT molecular complexity index is 1120. The Labute approximate surface area is 152 Å². The number of hydrogen-bond acceptors (Lipinski definition) is 4. The maximum absolute atomic E-state index is 13.4. The smallest absolute Gasteiger partial charge is 0.328 e. The van der Waals surface area contributed by atoms with Crippen molar-refractivity contribution in [1.29, 1.82) is 0 Å². The molecule has 1 saturated heterocycles. The van der Waals surface area contributed by atoms with E-state index in [4.69, 9.17) is 0 Å². The van der Waals surface area contributed by atoms with Crippen LogP contribution in [0.2, 0.25) is 0 Å². The van der Waals surface area contributed by atoms with E-state index in [0.29, 0.717) is 23.4 Å². The molecular formula is C18H18FN5O3. The number of hydrogen-bond donors (Lipinski definition) is 2. The van der Waals surface area contributed by atoms with Crippen LogP contribution < -0.4 is 11.2 Å². The number of amides is 1. The zero-order chi connectivity index (χ0) is 19.0. The first kappa shape index (κ1) is 17.2. The third-order valence-electron chi connectivity index (χ3n) is 4.81. The summed E-state index contributed by atoms with van der Waals surface area (Å²) in [7, 11) is 0. The molecule has 0 unspecified atom stereocenters. The number of carbonyl (C=O) groups is 1. The number of H-pyrrole nitrogens is 2. The predicted octanol–water partition coefficient (Wildman–Crippen LogP) is 1.31. The highest BCUT2D eigenvalue weighted by Crippen LogP contribution is 2.32. The number of aromatic nitrogens is 4. The number of carbonyl (C=O) groups excluding carboxylic acids is 1. The quantitative estimate of drug-likeness (QED) is 0.721. The summed E-state index contributed by atoms with van der Waals surface area (Å²) in [6.07, 6.45) is 3.13. The van der Waals surface area contributed by atoms with E-state index in [0.717, 1.165) is 12.8 Å². The Hall–Kier alpha value is -3.23. The van der Waals surface area contributed by atoms with Crippen molar-refractivity contribution in [3.05, 3.63) is 62.9 Å². The number of nitrogens with one attached hydrogen (secondary N) is 2. The number of halogens is 1. The average Bonchev–Trinajstić information content (AvgIpc) is 3.26. The van der Waals surface area contributed by atoms with Crippen molar-refractivity contribution >= 4 is 16.9 Å². The van der Waals surface area contributed by atoms with Gasteiger partial charge in [-0.3, -0.25) is 14.6 Å². The van der Waals surface area contributed by atoms with Crippen LogP contribution in [0.1, 0.15) is 31.1 Å². The highest BCUT2D eigenvalue weighted by Gasteiger charge is 2.31. The third-order valence-corrected chi connectivity index (χ3v) is 4.81. The van der Waals surface area contributed by atoms with Crippen LogP contribution in [-0.2, 0) is 11.3 Å². The number of benzene rings is 1. The van der Waals surface area contributed by atoms with E-state index in [1.165, 1.54) is 29.0 Å². The minimum Gasteiger partial charge on any atom is -0.340 e. The van der Waals surface area contributed by atoms with Gasteiger partial charge in [0.25, 0.3) is 5.56 Å². The molecule has 0 bridgehead atoms. The topological polar surface area (TPSA) is 104 Å². The molecule has 0 aliphatic carbocycles. The molecule has 1 fully saturated rings. The Kier molecular flexibility index (Phi) is 4.35. The van der Waals surface area contributed by atoms with Crippen LogP contribution in [0.4, 0.5) is 4.39 Å². The van der Waals surface area contributed by atoms with Gasteiger partial charge in [-0.1, -0.05) is 0 Å². The molecule has 1 aliphatic heterocycles. The van der Waals surface area contributed by atoms with Crippen molar-refractivity contribution in [3.8, 4) is 0 Å². The third kappa shape index (κ3) is 3.40. The average molecular weight is 371 g/mol. The predicted molar refractivity (Wildman–Crippen MR) is 95.7 cm³/mol. The Balaban J connectivity index is 1.50. The van der Waals surface area contributed by atoms with Crippen LogP contribution in [0.3, 0.4) is 0 Å². The van der Waals surface area contributed by atoms with E-state index < -0.39 is 11.2 Å². The molecule has 8 nitrogen and oxygen atoms in total. The molecule has 0 radical (unpaired) electrons. The maximum Gasteiger partial charge on any atom is 0.328 e. The minimum atomic E-state index is -0.535. The molecule has 0 spiro atoms. The fourth-order valence-electron chi connectivity index (χ4n) is 3.49. The lowest BCUT2D eigenvalue weighted by molar-refractivity contribution is -0.132. The number of rotatable bonds is 4. The summed E-state index contributed by atoms with van der Waals surface area (Å²) in [6, 6.07) is 5.40. The highest BCUT2D eigenvalue weighted by atomic mass is 19.1. The normalized spacial score (nSPS) is 16.9. The summed E-state index contributed by atoms with van der Waals surface area (Å²) < 4.78 is 14.7. The summed E-state index contributed by atoms with van der Waals surface area (Å²) in [5.41, 5.74) is 0.255. The maximum atomic E-state index is 13.4. The Morgan fingerprint density at radius 3 is 2.93 bits per heavy atom. The lowest BCUT2D eigenvalue weighted by Gasteiger charge is -2.23. The molecule has 4 rings (SSSR count). The second-order valence-electron chi connectivity index (χ2n) is 6.58.